The molecule has 2 aromatic carbocycles. The smallest absolute Gasteiger partial charge is 0.379 e. The van der Waals surface area contributed by atoms with E-state index in [1.54, 1.807) is 12.1 Å². The Morgan fingerprint density at radius 1 is 1.11 bits per heavy atom. The lowest BCUT2D eigenvalue weighted by Crippen LogP contribution is -2.43. The largest absolute Gasteiger partial charge is 0.416 e. The van der Waals surface area contributed by atoms with Crippen molar-refractivity contribution in [3.63, 3.8) is 0 Å². The SMILES string of the molecule is O=C(NC[C@H](c1ccc(F)cc1)N1CCOCC1)c1cccc(C(F)(F)F)c1. The molecule has 0 spiro atoms. The minimum Gasteiger partial charge on any atom is -0.379 e. The molecule has 1 saturated heterocycles. The van der Waals surface area contributed by atoms with Crippen molar-refractivity contribution < 1.29 is 27.1 Å². The van der Waals surface area contributed by atoms with Gasteiger partial charge in [-0.3, -0.25) is 9.69 Å². The van der Waals surface area contributed by atoms with E-state index in [-0.39, 0.29) is 24.0 Å². The number of benzene rings is 2. The Labute approximate surface area is 160 Å². The van der Waals surface area contributed by atoms with Crippen molar-refractivity contribution in [1.82, 2.24) is 10.2 Å². The lowest BCUT2D eigenvalue weighted by atomic mass is 10.0. The number of hydrogen-bond donors (Lipinski definition) is 1. The quantitative estimate of drug-likeness (QED) is 0.785. The Balaban J connectivity index is 1.74. The molecule has 3 rings (SSSR count). The van der Waals surface area contributed by atoms with E-state index in [2.05, 4.69) is 10.2 Å². The van der Waals surface area contributed by atoms with Gasteiger partial charge in [0, 0.05) is 25.2 Å². The highest BCUT2D eigenvalue weighted by Gasteiger charge is 2.31. The van der Waals surface area contributed by atoms with Crippen LogP contribution in [0, 0.1) is 5.82 Å². The average molecular weight is 396 g/mol. The minimum absolute atomic E-state index is 0.0605. The highest BCUT2D eigenvalue weighted by molar-refractivity contribution is 5.94. The van der Waals surface area contributed by atoms with Crippen molar-refractivity contribution in [3.8, 4) is 0 Å². The molecule has 28 heavy (non-hydrogen) atoms. The summed E-state index contributed by atoms with van der Waals surface area (Å²) >= 11 is 0. The summed E-state index contributed by atoms with van der Waals surface area (Å²) < 4.78 is 57.2. The Morgan fingerprint density at radius 2 is 1.79 bits per heavy atom. The second-order valence-electron chi connectivity index (χ2n) is 6.50. The summed E-state index contributed by atoms with van der Waals surface area (Å²) in [7, 11) is 0. The van der Waals surface area contributed by atoms with Gasteiger partial charge in [-0.2, -0.15) is 13.2 Å². The van der Waals surface area contributed by atoms with Gasteiger partial charge in [-0.1, -0.05) is 18.2 Å². The molecule has 150 valence electrons. The van der Waals surface area contributed by atoms with E-state index in [1.807, 2.05) is 0 Å². The lowest BCUT2D eigenvalue weighted by molar-refractivity contribution is -0.137. The van der Waals surface area contributed by atoms with Gasteiger partial charge in [0.1, 0.15) is 5.82 Å². The Kier molecular flexibility index (Phi) is 6.31. The van der Waals surface area contributed by atoms with E-state index >= 15 is 0 Å². The molecule has 0 aromatic heterocycles. The van der Waals surface area contributed by atoms with Crippen LogP contribution in [0.5, 0.6) is 0 Å². The molecule has 1 atom stereocenters. The highest BCUT2D eigenvalue weighted by Crippen LogP contribution is 2.29. The summed E-state index contributed by atoms with van der Waals surface area (Å²) in [5.41, 5.74) is -0.120. The number of ether oxygens (including phenoxy) is 1. The average Bonchev–Trinajstić information content (AvgIpc) is 2.69. The predicted molar refractivity (Wildman–Crippen MR) is 95.3 cm³/mol. The van der Waals surface area contributed by atoms with Gasteiger partial charge >= 0.3 is 6.18 Å². The number of amides is 1. The highest BCUT2D eigenvalue weighted by atomic mass is 19.4. The number of alkyl halides is 3. The first-order chi connectivity index (χ1) is 13.3. The van der Waals surface area contributed by atoms with Crippen molar-refractivity contribution in [3.05, 3.63) is 71.0 Å². The first-order valence-corrected chi connectivity index (χ1v) is 8.87. The molecule has 2 aromatic rings. The molecule has 1 aliphatic heterocycles. The van der Waals surface area contributed by atoms with Crippen LogP contribution < -0.4 is 5.32 Å². The van der Waals surface area contributed by atoms with Crippen LogP contribution in [0.4, 0.5) is 17.6 Å². The van der Waals surface area contributed by atoms with Crippen molar-refractivity contribution in [2.75, 3.05) is 32.8 Å². The zero-order chi connectivity index (χ0) is 20.1. The third kappa shape index (κ3) is 5.08. The van der Waals surface area contributed by atoms with Gasteiger partial charge < -0.3 is 10.1 Å². The van der Waals surface area contributed by atoms with Gasteiger partial charge in [-0.25, -0.2) is 4.39 Å². The first kappa shape index (κ1) is 20.3. The molecule has 1 fully saturated rings. The van der Waals surface area contributed by atoms with Gasteiger partial charge in [0.15, 0.2) is 0 Å². The van der Waals surface area contributed by atoms with E-state index in [0.717, 1.165) is 17.7 Å². The molecular weight excluding hydrogens is 376 g/mol. The maximum absolute atomic E-state index is 13.3. The Hall–Kier alpha value is -2.45. The van der Waals surface area contributed by atoms with Crippen molar-refractivity contribution in [1.29, 1.82) is 0 Å². The van der Waals surface area contributed by atoms with Crippen LogP contribution in [-0.4, -0.2) is 43.7 Å². The molecule has 0 aliphatic carbocycles. The van der Waals surface area contributed by atoms with Crippen LogP contribution in [0.25, 0.3) is 0 Å². The number of nitrogens with one attached hydrogen (secondary N) is 1. The summed E-state index contributed by atoms with van der Waals surface area (Å²) in [5.74, 6) is -0.955. The maximum atomic E-state index is 13.3. The van der Waals surface area contributed by atoms with Crippen LogP contribution in [-0.2, 0) is 10.9 Å². The Bertz CT molecular complexity index is 803. The normalized spacial score (nSPS) is 16.6. The molecule has 8 heteroatoms. The molecule has 0 saturated carbocycles. The summed E-state index contributed by atoms with van der Waals surface area (Å²) in [4.78, 5) is 14.5. The number of nitrogens with zero attached hydrogens (tertiary/aromatic N) is 1. The molecule has 0 bridgehead atoms. The molecule has 1 aliphatic rings. The molecule has 4 nitrogen and oxygen atoms in total. The fourth-order valence-electron chi connectivity index (χ4n) is 3.16. The van der Waals surface area contributed by atoms with Crippen molar-refractivity contribution in [2.45, 2.75) is 12.2 Å². The van der Waals surface area contributed by atoms with Crippen LogP contribution in [0.3, 0.4) is 0 Å². The first-order valence-electron chi connectivity index (χ1n) is 8.87. The second-order valence-corrected chi connectivity index (χ2v) is 6.50. The zero-order valence-corrected chi connectivity index (χ0v) is 15.0. The fourth-order valence-corrected chi connectivity index (χ4v) is 3.16. The molecule has 1 N–H and O–H groups in total. The zero-order valence-electron chi connectivity index (χ0n) is 15.0. The van der Waals surface area contributed by atoms with Gasteiger partial charge in [0.2, 0.25) is 0 Å². The second kappa shape index (κ2) is 8.70. The van der Waals surface area contributed by atoms with E-state index < -0.39 is 17.6 Å². The number of carbonyl (C=O) groups excluding carboxylic acids is 1. The van der Waals surface area contributed by atoms with Gasteiger partial charge in [-0.05, 0) is 35.9 Å². The van der Waals surface area contributed by atoms with Crippen LogP contribution in [0.1, 0.15) is 27.5 Å². The molecule has 0 radical (unpaired) electrons. The number of halogens is 4. The number of carbonyl (C=O) groups is 1. The summed E-state index contributed by atoms with van der Waals surface area (Å²) in [6.07, 6.45) is -4.51. The molecule has 1 heterocycles. The van der Waals surface area contributed by atoms with Gasteiger partial charge in [-0.15, -0.1) is 0 Å². The Morgan fingerprint density at radius 3 is 2.43 bits per heavy atom. The fraction of sp³-hybridized carbons (Fsp3) is 0.350. The summed E-state index contributed by atoms with van der Waals surface area (Å²) in [6, 6.07) is 10.0. The maximum Gasteiger partial charge on any atom is 0.416 e. The van der Waals surface area contributed by atoms with Crippen LogP contribution in [0.15, 0.2) is 48.5 Å². The molecule has 1 amide bonds. The van der Waals surface area contributed by atoms with E-state index in [1.165, 1.54) is 24.3 Å². The van der Waals surface area contributed by atoms with Crippen molar-refractivity contribution >= 4 is 5.91 Å². The van der Waals surface area contributed by atoms with E-state index in [0.29, 0.717) is 26.3 Å². The number of hydrogen-bond acceptors (Lipinski definition) is 3. The van der Waals surface area contributed by atoms with Crippen LogP contribution >= 0.6 is 0 Å². The topological polar surface area (TPSA) is 41.6 Å². The van der Waals surface area contributed by atoms with E-state index in [4.69, 9.17) is 4.74 Å². The van der Waals surface area contributed by atoms with Gasteiger partial charge in [0.05, 0.1) is 24.8 Å². The number of rotatable bonds is 5. The summed E-state index contributed by atoms with van der Waals surface area (Å²) in [6.45, 7) is 2.54. The predicted octanol–water partition coefficient (Wildman–Crippen LogP) is 3.65. The molecule has 0 unspecified atom stereocenters. The lowest BCUT2D eigenvalue weighted by Gasteiger charge is -2.35. The summed E-state index contributed by atoms with van der Waals surface area (Å²) in [5, 5.41) is 2.71. The van der Waals surface area contributed by atoms with E-state index in [9.17, 15) is 22.4 Å². The van der Waals surface area contributed by atoms with Crippen LogP contribution in [0.2, 0.25) is 0 Å². The van der Waals surface area contributed by atoms with Crippen molar-refractivity contribution in [2.24, 2.45) is 0 Å². The number of morpholine rings is 1. The standard InChI is InChI=1S/C20H20F4N2O2/c21-17-6-4-14(5-7-17)18(26-8-10-28-11-9-26)13-25-19(27)15-2-1-3-16(12-15)20(22,23)24/h1-7,12,18H,8-11,13H2,(H,25,27)/t18-/m1/s1. The minimum atomic E-state index is -4.51. The monoisotopic (exact) mass is 396 g/mol. The third-order valence-corrected chi connectivity index (χ3v) is 4.65. The van der Waals surface area contributed by atoms with Gasteiger partial charge in [0.25, 0.3) is 5.91 Å². The third-order valence-electron chi connectivity index (χ3n) is 4.65. The molecular formula is C20H20F4N2O2.